The van der Waals surface area contributed by atoms with Crippen LogP contribution in [-0.4, -0.2) is 32.1 Å². The quantitative estimate of drug-likeness (QED) is 0.533. The van der Waals surface area contributed by atoms with Crippen molar-refractivity contribution in [3.63, 3.8) is 0 Å². The van der Waals surface area contributed by atoms with E-state index in [0.717, 1.165) is 15.7 Å². The van der Waals surface area contributed by atoms with Crippen LogP contribution in [-0.2, 0) is 9.59 Å². The van der Waals surface area contributed by atoms with Gasteiger partial charge in [0.2, 0.25) is 0 Å². The summed E-state index contributed by atoms with van der Waals surface area (Å²) in [5.41, 5.74) is 0.696. The number of fused-ring (bicyclic) bond motifs is 1. The predicted molar refractivity (Wildman–Crippen MR) is 112 cm³/mol. The normalized spacial score (nSPS) is 15.5. The molecule has 7 nitrogen and oxygen atoms in total. The number of anilines is 1. The molecule has 1 fully saturated rings. The standard InChI is InChI=1S/C23H18N2O5/c1-29-16-8-5-7-15(12-16)25-22(27)19(21(26)24-23(25)28)13-18-17-9-4-3-6-14(17)10-11-20(18)30-2/h3-13H,1-2H3,(H,24,26,28). The summed E-state index contributed by atoms with van der Waals surface area (Å²) in [5.74, 6) is -0.510. The number of urea groups is 1. The van der Waals surface area contributed by atoms with Gasteiger partial charge in [-0.3, -0.25) is 14.9 Å². The largest absolute Gasteiger partial charge is 0.497 e. The summed E-state index contributed by atoms with van der Waals surface area (Å²) in [6.07, 6.45) is 1.46. The fraction of sp³-hybridized carbons (Fsp3) is 0.0870. The highest BCUT2D eigenvalue weighted by Crippen LogP contribution is 2.32. The molecular formula is C23H18N2O5. The van der Waals surface area contributed by atoms with Gasteiger partial charge in [-0.05, 0) is 35.0 Å². The number of hydrogen-bond acceptors (Lipinski definition) is 5. The van der Waals surface area contributed by atoms with Crippen molar-refractivity contribution in [2.45, 2.75) is 0 Å². The number of hydrogen-bond donors (Lipinski definition) is 1. The SMILES string of the molecule is COc1cccc(N2C(=O)NC(=O)C(=Cc3c(OC)ccc4ccccc34)C2=O)c1. The van der Waals surface area contributed by atoms with Crippen LogP contribution in [0.2, 0.25) is 0 Å². The monoisotopic (exact) mass is 402 g/mol. The third-order valence-corrected chi connectivity index (χ3v) is 4.85. The molecule has 0 radical (unpaired) electrons. The fourth-order valence-corrected chi connectivity index (χ4v) is 3.39. The molecule has 1 heterocycles. The Morgan fingerprint density at radius 3 is 2.47 bits per heavy atom. The number of methoxy groups -OCH3 is 2. The number of imide groups is 2. The van der Waals surface area contributed by atoms with Crippen LogP contribution in [0.25, 0.3) is 16.8 Å². The highest BCUT2D eigenvalue weighted by atomic mass is 16.5. The Bertz CT molecular complexity index is 1220. The van der Waals surface area contributed by atoms with E-state index in [1.54, 1.807) is 30.3 Å². The Labute approximate surface area is 172 Å². The summed E-state index contributed by atoms with van der Waals surface area (Å²) in [5, 5.41) is 3.97. The number of nitrogens with zero attached hydrogens (tertiary/aromatic N) is 1. The summed E-state index contributed by atoms with van der Waals surface area (Å²) in [6.45, 7) is 0. The molecule has 1 N–H and O–H groups in total. The summed E-state index contributed by atoms with van der Waals surface area (Å²) in [7, 11) is 3.00. The van der Waals surface area contributed by atoms with Crippen LogP contribution in [0.5, 0.6) is 11.5 Å². The average molecular weight is 402 g/mol. The van der Waals surface area contributed by atoms with E-state index in [0.29, 0.717) is 22.7 Å². The lowest BCUT2D eigenvalue weighted by Gasteiger charge is -2.26. The highest BCUT2D eigenvalue weighted by molar-refractivity contribution is 6.39. The molecule has 4 amide bonds. The van der Waals surface area contributed by atoms with Gasteiger partial charge in [0.1, 0.15) is 17.1 Å². The smallest absolute Gasteiger partial charge is 0.335 e. The van der Waals surface area contributed by atoms with E-state index in [2.05, 4.69) is 5.32 Å². The molecule has 4 rings (SSSR count). The molecule has 150 valence electrons. The first-order valence-corrected chi connectivity index (χ1v) is 9.14. The second-order valence-electron chi connectivity index (χ2n) is 6.56. The molecule has 0 unspecified atom stereocenters. The highest BCUT2D eigenvalue weighted by Gasteiger charge is 2.37. The summed E-state index contributed by atoms with van der Waals surface area (Å²) < 4.78 is 10.6. The molecule has 0 saturated carbocycles. The van der Waals surface area contributed by atoms with Crippen LogP contribution in [0.3, 0.4) is 0 Å². The fourth-order valence-electron chi connectivity index (χ4n) is 3.39. The lowest BCUT2D eigenvalue weighted by atomic mass is 9.99. The molecular weight excluding hydrogens is 384 g/mol. The number of rotatable bonds is 4. The molecule has 0 aromatic heterocycles. The maximum Gasteiger partial charge on any atom is 0.335 e. The first-order chi connectivity index (χ1) is 14.5. The number of amides is 4. The van der Waals surface area contributed by atoms with Crippen molar-refractivity contribution in [1.82, 2.24) is 5.32 Å². The number of carbonyl (C=O) groups is 3. The van der Waals surface area contributed by atoms with E-state index in [1.807, 2.05) is 30.3 Å². The van der Waals surface area contributed by atoms with Gasteiger partial charge in [0.25, 0.3) is 11.8 Å². The molecule has 3 aromatic carbocycles. The summed E-state index contributed by atoms with van der Waals surface area (Å²) in [6, 6.07) is 16.9. The van der Waals surface area contributed by atoms with Crippen molar-refractivity contribution in [3.05, 3.63) is 71.8 Å². The molecule has 0 aliphatic carbocycles. The first kappa shape index (κ1) is 19.2. The van der Waals surface area contributed by atoms with Crippen LogP contribution in [0.15, 0.2) is 66.2 Å². The van der Waals surface area contributed by atoms with Crippen molar-refractivity contribution in [2.24, 2.45) is 0 Å². The number of ether oxygens (including phenoxy) is 2. The Hall–Kier alpha value is -4.13. The molecule has 0 spiro atoms. The minimum absolute atomic E-state index is 0.174. The second kappa shape index (κ2) is 7.71. The average Bonchev–Trinajstić information content (AvgIpc) is 2.76. The van der Waals surface area contributed by atoms with Gasteiger partial charge in [-0.25, -0.2) is 9.69 Å². The number of benzene rings is 3. The zero-order chi connectivity index (χ0) is 21.3. The molecule has 0 atom stereocenters. The van der Waals surface area contributed by atoms with Crippen LogP contribution in [0.4, 0.5) is 10.5 Å². The van der Waals surface area contributed by atoms with Gasteiger partial charge < -0.3 is 9.47 Å². The Morgan fingerprint density at radius 1 is 0.900 bits per heavy atom. The number of barbiturate groups is 1. The Kier molecular flexibility index (Phi) is 4.93. The van der Waals surface area contributed by atoms with E-state index in [4.69, 9.17) is 9.47 Å². The summed E-state index contributed by atoms with van der Waals surface area (Å²) in [4.78, 5) is 39.1. The predicted octanol–water partition coefficient (Wildman–Crippen LogP) is 3.52. The molecule has 7 heteroatoms. The van der Waals surface area contributed by atoms with Gasteiger partial charge in [-0.15, -0.1) is 0 Å². The minimum atomic E-state index is -0.819. The van der Waals surface area contributed by atoms with Gasteiger partial charge in [-0.1, -0.05) is 36.4 Å². The topological polar surface area (TPSA) is 84.9 Å². The van der Waals surface area contributed by atoms with Gasteiger partial charge in [-0.2, -0.15) is 0 Å². The van der Waals surface area contributed by atoms with Crippen molar-refractivity contribution in [1.29, 1.82) is 0 Å². The van der Waals surface area contributed by atoms with Crippen molar-refractivity contribution < 1.29 is 23.9 Å². The lowest BCUT2D eigenvalue weighted by Crippen LogP contribution is -2.54. The second-order valence-corrected chi connectivity index (χ2v) is 6.56. The zero-order valence-electron chi connectivity index (χ0n) is 16.3. The summed E-state index contributed by atoms with van der Waals surface area (Å²) >= 11 is 0. The van der Waals surface area contributed by atoms with Gasteiger partial charge >= 0.3 is 6.03 Å². The third-order valence-electron chi connectivity index (χ3n) is 4.85. The van der Waals surface area contributed by atoms with Gasteiger partial charge in [0, 0.05) is 11.6 Å². The van der Waals surface area contributed by atoms with Gasteiger partial charge in [0.15, 0.2) is 0 Å². The van der Waals surface area contributed by atoms with E-state index in [1.165, 1.54) is 20.3 Å². The van der Waals surface area contributed by atoms with Crippen LogP contribution < -0.4 is 19.7 Å². The van der Waals surface area contributed by atoms with Crippen molar-refractivity contribution >= 4 is 40.4 Å². The van der Waals surface area contributed by atoms with Crippen LogP contribution in [0.1, 0.15) is 5.56 Å². The van der Waals surface area contributed by atoms with Gasteiger partial charge in [0.05, 0.1) is 19.9 Å². The van der Waals surface area contributed by atoms with E-state index >= 15 is 0 Å². The number of nitrogens with one attached hydrogen (secondary N) is 1. The third kappa shape index (κ3) is 3.26. The maximum absolute atomic E-state index is 13.2. The van der Waals surface area contributed by atoms with Crippen LogP contribution >= 0.6 is 0 Å². The van der Waals surface area contributed by atoms with Crippen molar-refractivity contribution in [3.8, 4) is 11.5 Å². The first-order valence-electron chi connectivity index (χ1n) is 9.14. The maximum atomic E-state index is 13.2. The molecule has 1 saturated heterocycles. The minimum Gasteiger partial charge on any atom is -0.497 e. The van der Waals surface area contributed by atoms with E-state index < -0.39 is 17.8 Å². The van der Waals surface area contributed by atoms with Crippen LogP contribution in [0, 0.1) is 0 Å². The van der Waals surface area contributed by atoms with E-state index in [9.17, 15) is 14.4 Å². The molecule has 1 aliphatic rings. The molecule has 0 bridgehead atoms. The molecule has 30 heavy (non-hydrogen) atoms. The van der Waals surface area contributed by atoms with Crippen molar-refractivity contribution in [2.75, 3.05) is 19.1 Å². The Balaban J connectivity index is 1.85. The molecule has 3 aromatic rings. The number of carbonyl (C=O) groups excluding carboxylic acids is 3. The zero-order valence-corrected chi connectivity index (χ0v) is 16.3. The molecule has 1 aliphatic heterocycles. The van der Waals surface area contributed by atoms with E-state index in [-0.39, 0.29) is 5.57 Å². The lowest BCUT2D eigenvalue weighted by molar-refractivity contribution is -0.122. The Morgan fingerprint density at radius 2 is 1.70 bits per heavy atom.